The van der Waals surface area contributed by atoms with Gasteiger partial charge < -0.3 is 5.32 Å². The second-order valence-electron chi connectivity index (χ2n) is 3.32. The normalized spacial score (nSPS) is 21.0. The first-order valence-corrected chi connectivity index (χ1v) is 5.87. The first-order valence-electron chi connectivity index (χ1n) is 4.41. The molecular weight excluding hydrogens is 312 g/mol. The van der Waals surface area contributed by atoms with Crippen molar-refractivity contribution in [1.82, 2.24) is 5.32 Å². The summed E-state index contributed by atoms with van der Waals surface area (Å²) in [5.74, 6) is 0.115. The average molecular weight is 322 g/mol. The van der Waals surface area contributed by atoms with Crippen molar-refractivity contribution in [3.63, 3.8) is 0 Å². The predicted molar refractivity (Wildman–Crippen MR) is 64.3 cm³/mol. The van der Waals surface area contributed by atoms with Crippen molar-refractivity contribution in [3.05, 3.63) is 32.4 Å². The molecule has 0 aromatic heterocycles. The number of amides is 1. The van der Waals surface area contributed by atoms with E-state index < -0.39 is 0 Å². The minimum absolute atomic E-state index is 0.104. The number of halogens is 2. The lowest BCUT2D eigenvalue weighted by Crippen LogP contribution is -2.18. The Labute approximate surface area is 101 Å². The van der Waals surface area contributed by atoms with Gasteiger partial charge in [0.1, 0.15) is 0 Å². The van der Waals surface area contributed by atoms with Gasteiger partial charge in [-0.05, 0) is 46.7 Å². The molecule has 74 valence electrons. The zero-order valence-electron chi connectivity index (χ0n) is 7.39. The second kappa shape index (κ2) is 4.06. The SMILES string of the molecule is O=C1CC[C@@H](c2ccc(I)cc2Cl)N1. The first-order chi connectivity index (χ1) is 6.66. The van der Waals surface area contributed by atoms with E-state index in [4.69, 9.17) is 11.6 Å². The third kappa shape index (κ3) is 2.03. The van der Waals surface area contributed by atoms with Gasteiger partial charge in [0.2, 0.25) is 5.91 Å². The van der Waals surface area contributed by atoms with Crippen molar-refractivity contribution in [1.29, 1.82) is 0 Å². The molecule has 1 fully saturated rings. The van der Waals surface area contributed by atoms with Crippen LogP contribution < -0.4 is 5.32 Å². The molecule has 1 amide bonds. The van der Waals surface area contributed by atoms with Crippen LogP contribution >= 0.6 is 34.2 Å². The molecular formula is C10H9ClINO. The molecule has 2 nitrogen and oxygen atoms in total. The lowest BCUT2D eigenvalue weighted by molar-refractivity contribution is -0.119. The number of carbonyl (C=O) groups is 1. The Kier molecular flexibility index (Phi) is 2.97. The fraction of sp³-hybridized carbons (Fsp3) is 0.300. The molecule has 0 saturated carbocycles. The summed E-state index contributed by atoms with van der Waals surface area (Å²) in [5, 5.41) is 3.64. The van der Waals surface area contributed by atoms with Gasteiger partial charge in [0, 0.05) is 15.0 Å². The Morgan fingerprint density at radius 3 is 2.86 bits per heavy atom. The topological polar surface area (TPSA) is 29.1 Å². The average Bonchev–Trinajstić information content (AvgIpc) is 2.51. The van der Waals surface area contributed by atoms with Gasteiger partial charge in [0.25, 0.3) is 0 Å². The van der Waals surface area contributed by atoms with Crippen molar-refractivity contribution >= 4 is 40.1 Å². The zero-order chi connectivity index (χ0) is 10.1. The molecule has 1 atom stereocenters. The molecule has 0 radical (unpaired) electrons. The summed E-state index contributed by atoms with van der Waals surface area (Å²) < 4.78 is 1.11. The quantitative estimate of drug-likeness (QED) is 0.792. The molecule has 1 aliphatic rings. The molecule has 1 saturated heterocycles. The molecule has 1 aromatic rings. The third-order valence-electron chi connectivity index (χ3n) is 2.33. The van der Waals surface area contributed by atoms with Crippen LogP contribution in [0.1, 0.15) is 24.4 Å². The number of carbonyl (C=O) groups excluding carboxylic acids is 1. The summed E-state index contributed by atoms with van der Waals surface area (Å²) in [5.41, 5.74) is 1.03. The van der Waals surface area contributed by atoms with E-state index in [1.807, 2.05) is 18.2 Å². The number of benzene rings is 1. The summed E-state index contributed by atoms with van der Waals surface area (Å²) in [6.45, 7) is 0. The lowest BCUT2D eigenvalue weighted by atomic mass is 10.1. The first kappa shape index (κ1) is 10.2. The van der Waals surface area contributed by atoms with Crippen LogP contribution in [-0.4, -0.2) is 5.91 Å². The summed E-state index contributed by atoms with van der Waals surface area (Å²) in [7, 11) is 0. The largest absolute Gasteiger partial charge is 0.349 e. The van der Waals surface area contributed by atoms with Crippen LogP contribution in [0.25, 0.3) is 0 Å². The van der Waals surface area contributed by atoms with Gasteiger partial charge in [-0.25, -0.2) is 0 Å². The molecule has 0 unspecified atom stereocenters. The van der Waals surface area contributed by atoms with E-state index >= 15 is 0 Å². The van der Waals surface area contributed by atoms with Gasteiger partial charge in [-0.15, -0.1) is 0 Å². The second-order valence-corrected chi connectivity index (χ2v) is 4.98. The molecule has 14 heavy (non-hydrogen) atoms. The fourth-order valence-electron chi connectivity index (χ4n) is 1.63. The van der Waals surface area contributed by atoms with Crippen LogP contribution in [0.4, 0.5) is 0 Å². The maximum atomic E-state index is 11.0. The highest BCUT2D eigenvalue weighted by Gasteiger charge is 2.23. The number of nitrogens with one attached hydrogen (secondary N) is 1. The van der Waals surface area contributed by atoms with E-state index in [1.165, 1.54) is 0 Å². The molecule has 1 N–H and O–H groups in total. The zero-order valence-corrected chi connectivity index (χ0v) is 10.3. The van der Waals surface area contributed by atoms with Gasteiger partial charge in [-0.3, -0.25) is 4.79 Å². The third-order valence-corrected chi connectivity index (χ3v) is 3.33. The summed E-state index contributed by atoms with van der Waals surface area (Å²) >= 11 is 8.32. The van der Waals surface area contributed by atoms with Crippen LogP contribution in [0.15, 0.2) is 18.2 Å². The van der Waals surface area contributed by atoms with E-state index in [9.17, 15) is 4.79 Å². The Bertz CT molecular complexity index is 380. The lowest BCUT2D eigenvalue weighted by Gasteiger charge is -2.12. The minimum atomic E-state index is 0.104. The van der Waals surface area contributed by atoms with Crippen molar-refractivity contribution < 1.29 is 4.79 Å². The van der Waals surface area contributed by atoms with Gasteiger partial charge in [-0.1, -0.05) is 17.7 Å². The fourth-order valence-corrected chi connectivity index (χ4v) is 2.62. The molecule has 1 aliphatic heterocycles. The Morgan fingerprint density at radius 2 is 2.29 bits per heavy atom. The van der Waals surface area contributed by atoms with Crippen molar-refractivity contribution in [2.75, 3.05) is 0 Å². The highest BCUT2D eigenvalue weighted by atomic mass is 127. The summed E-state index contributed by atoms with van der Waals surface area (Å²) in [4.78, 5) is 11.0. The maximum Gasteiger partial charge on any atom is 0.220 e. The highest BCUT2D eigenvalue weighted by molar-refractivity contribution is 14.1. The van der Waals surface area contributed by atoms with E-state index in [1.54, 1.807) is 0 Å². The van der Waals surface area contributed by atoms with Crippen LogP contribution in [0.5, 0.6) is 0 Å². The molecule has 0 spiro atoms. The van der Waals surface area contributed by atoms with Crippen LogP contribution in [0.3, 0.4) is 0 Å². The highest BCUT2D eigenvalue weighted by Crippen LogP contribution is 2.30. The Balaban J connectivity index is 2.28. The van der Waals surface area contributed by atoms with Gasteiger partial charge >= 0.3 is 0 Å². The van der Waals surface area contributed by atoms with Crippen LogP contribution in [-0.2, 0) is 4.79 Å². The maximum absolute atomic E-state index is 11.0. The summed E-state index contributed by atoms with van der Waals surface area (Å²) in [6.07, 6.45) is 1.45. The van der Waals surface area contributed by atoms with Crippen molar-refractivity contribution in [2.24, 2.45) is 0 Å². The Hall–Kier alpha value is -0.290. The predicted octanol–water partition coefficient (Wildman–Crippen LogP) is 2.90. The van der Waals surface area contributed by atoms with Gasteiger partial charge in [0.05, 0.1) is 6.04 Å². The van der Waals surface area contributed by atoms with Crippen LogP contribution in [0, 0.1) is 3.57 Å². The van der Waals surface area contributed by atoms with E-state index in [0.29, 0.717) is 6.42 Å². The molecule has 1 aromatic carbocycles. The molecule has 4 heteroatoms. The van der Waals surface area contributed by atoms with Crippen molar-refractivity contribution in [2.45, 2.75) is 18.9 Å². The Morgan fingerprint density at radius 1 is 1.50 bits per heavy atom. The minimum Gasteiger partial charge on any atom is -0.349 e. The summed E-state index contributed by atoms with van der Waals surface area (Å²) in [6, 6.07) is 6.01. The van der Waals surface area contributed by atoms with Crippen molar-refractivity contribution in [3.8, 4) is 0 Å². The standard InChI is InChI=1S/C10H9ClINO/c11-8-5-6(12)1-2-7(8)9-3-4-10(14)13-9/h1-2,5,9H,3-4H2,(H,13,14)/t9-/m0/s1. The number of hydrogen-bond donors (Lipinski definition) is 1. The molecule has 2 rings (SSSR count). The number of hydrogen-bond acceptors (Lipinski definition) is 1. The van der Waals surface area contributed by atoms with Crippen LogP contribution in [0.2, 0.25) is 5.02 Å². The van der Waals surface area contributed by atoms with E-state index in [0.717, 1.165) is 20.6 Å². The number of rotatable bonds is 1. The molecule has 1 heterocycles. The van der Waals surface area contributed by atoms with Gasteiger partial charge in [0.15, 0.2) is 0 Å². The van der Waals surface area contributed by atoms with E-state index in [-0.39, 0.29) is 11.9 Å². The van der Waals surface area contributed by atoms with Gasteiger partial charge in [-0.2, -0.15) is 0 Å². The molecule has 0 bridgehead atoms. The molecule has 0 aliphatic carbocycles. The smallest absolute Gasteiger partial charge is 0.220 e. The monoisotopic (exact) mass is 321 g/mol. The van der Waals surface area contributed by atoms with E-state index in [2.05, 4.69) is 27.9 Å².